The number of carbonyl (C=O) groups is 1. The quantitative estimate of drug-likeness (QED) is 0.815. The van der Waals surface area contributed by atoms with E-state index in [1.54, 1.807) is 0 Å². The summed E-state index contributed by atoms with van der Waals surface area (Å²) in [5, 5.41) is 9.16. The Morgan fingerprint density at radius 1 is 1.33 bits per heavy atom. The second kappa shape index (κ2) is 6.67. The van der Waals surface area contributed by atoms with Gasteiger partial charge in [-0.15, -0.1) is 0 Å². The Morgan fingerprint density at radius 2 is 2.17 bits per heavy atom. The van der Waals surface area contributed by atoms with E-state index in [0.717, 1.165) is 51.2 Å². The van der Waals surface area contributed by atoms with Crippen LogP contribution in [0.4, 0.5) is 0 Å². The van der Waals surface area contributed by atoms with Crippen molar-refractivity contribution in [2.45, 2.75) is 45.4 Å². The highest BCUT2D eigenvalue weighted by Crippen LogP contribution is 2.31. The van der Waals surface area contributed by atoms with Gasteiger partial charge in [-0.3, -0.25) is 4.79 Å². The maximum Gasteiger partial charge on any atom is 0.137 e. The highest BCUT2D eigenvalue weighted by Gasteiger charge is 2.31. The van der Waals surface area contributed by atoms with Crippen molar-refractivity contribution in [1.82, 2.24) is 4.90 Å². The predicted octanol–water partition coefficient (Wildman–Crippen LogP) is 2.09. The zero-order valence-corrected chi connectivity index (χ0v) is 11.6. The molecular formula is C15H27NO2. The van der Waals surface area contributed by atoms with Crippen molar-refractivity contribution in [1.29, 1.82) is 0 Å². The van der Waals surface area contributed by atoms with Gasteiger partial charge in [0.2, 0.25) is 0 Å². The highest BCUT2D eigenvalue weighted by molar-refractivity contribution is 5.81. The SMILES string of the molecule is CCCC1CCC(=O)C(CN2CCC(CO)C2)C1. The first-order valence-electron chi connectivity index (χ1n) is 7.58. The van der Waals surface area contributed by atoms with Crippen LogP contribution in [0.2, 0.25) is 0 Å². The van der Waals surface area contributed by atoms with Crippen LogP contribution in [0.15, 0.2) is 0 Å². The van der Waals surface area contributed by atoms with Crippen molar-refractivity contribution in [2.24, 2.45) is 17.8 Å². The Balaban J connectivity index is 1.81. The summed E-state index contributed by atoms with van der Waals surface area (Å²) < 4.78 is 0. The molecule has 18 heavy (non-hydrogen) atoms. The number of likely N-dealkylation sites (tertiary alicyclic amines) is 1. The molecule has 1 aliphatic heterocycles. The summed E-state index contributed by atoms with van der Waals surface area (Å²) in [4.78, 5) is 14.4. The van der Waals surface area contributed by atoms with Gasteiger partial charge in [-0.1, -0.05) is 19.8 Å². The smallest absolute Gasteiger partial charge is 0.137 e. The van der Waals surface area contributed by atoms with E-state index < -0.39 is 0 Å². The molecule has 1 saturated heterocycles. The summed E-state index contributed by atoms with van der Waals surface area (Å²) >= 11 is 0. The molecule has 1 saturated carbocycles. The molecule has 0 aromatic heterocycles. The summed E-state index contributed by atoms with van der Waals surface area (Å²) in [5.41, 5.74) is 0. The maximum atomic E-state index is 12.0. The second-order valence-corrected chi connectivity index (χ2v) is 6.19. The lowest BCUT2D eigenvalue weighted by Gasteiger charge is -2.30. The Kier molecular flexibility index (Phi) is 5.19. The van der Waals surface area contributed by atoms with Gasteiger partial charge in [0, 0.05) is 32.0 Å². The number of rotatable bonds is 5. The molecule has 3 nitrogen and oxygen atoms in total. The van der Waals surface area contributed by atoms with Crippen LogP contribution in [-0.2, 0) is 4.79 Å². The molecule has 0 amide bonds. The van der Waals surface area contributed by atoms with Crippen LogP contribution in [0.5, 0.6) is 0 Å². The largest absolute Gasteiger partial charge is 0.396 e. The summed E-state index contributed by atoms with van der Waals surface area (Å²) in [5.74, 6) is 1.96. The number of Topliss-reactive ketones (excluding diaryl/α,β-unsaturated/α-hetero) is 1. The normalized spacial score (nSPS) is 34.1. The molecule has 1 aliphatic carbocycles. The van der Waals surface area contributed by atoms with Crippen LogP contribution in [0.3, 0.4) is 0 Å². The molecule has 0 aromatic rings. The summed E-state index contributed by atoms with van der Waals surface area (Å²) in [7, 11) is 0. The van der Waals surface area contributed by atoms with Crippen LogP contribution in [0.25, 0.3) is 0 Å². The Morgan fingerprint density at radius 3 is 2.83 bits per heavy atom. The van der Waals surface area contributed by atoms with Gasteiger partial charge in [0.05, 0.1) is 0 Å². The number of hydrogen-bond donors (Lipinski definition) is 1. The van der Waals surface area contributed by atoms with Gasteiger partial charge in [0.1, 0.15) is 5.78 Å². The fourth-order valence-electron chi connectivity index (χ4n) is 3.59. The predicted molar refractivity (Wildman–Crippen MR) is 72.4 cm³/mol. The fraction of sp³-hybridized carbons (Fsp3) is 0.933. The van der Waals surface area contributed by atoms with Crippen molar-refractivity contribution in [3.05, 3.63) is 0 Å². The Hall–Kier alpha value is -0.410. The molecule has 104 valence electrons. The first-order valence-corrected chi connectivity index (χ1v) is 7.58. The molecule has 1 N–H and O–H groups in total. The van der Waals surface area contributed by atoms with Gasteiger partial charge < -0.3 is 10.0 Å². The first kappa shape index (κ1) is 14.0. The lowest BCUT2D eigenvalue weighted by molar-refractivity contribution is -0.126. The summed E-state index contributed by atoms with van der Waals surface area (Å²) in [6.45, 7) is 5.52. The Labute approximate surface area is 111 Å². The molecule has 2 rings (SSSR count). The standard InChI is InChI=1S/C15H27NO2/c1-2-3-12-4-5-15(18)14(8-12)10-16-7-6-13(9-16)11-17/h12-14,17H,2-11H2,1H3. The Bertz CT molecular complexity index is 280. The van der Waals surface area contributed by atoms with Crippen LogP contribution < -0.4 is 0 Å². The van der Waals surface area contributed by atoms with Crippen molar-refractivity contribution in [3.63, 3.8) is 0 Å². The summed E-state index contributed by atoms with van der Waals surface area (Å²) in [6.07, 6.45) is 6.63. The second-order valence-electron chi connectivity index (χ2n) is 6.19. The third-order valence-corrected chi connectivity index (χ3v) is 4.68. The van der Waals surface area contributed by atoms with Crippen molar-refractivity contribution in [2.75, 3.05) is 26.2 Å². The van der Waals surface area contributed by atoms with E-state index in [4.69, 9.17) is 5.11 Å². The van der Waals surface area contributed by atoms with Crippen LogP contribution in [0.1, 0.15) is 45.4 Å². The lowest BCUT2D eigenvalue weighted by Crippen LogP contribution is -2.35. The minimum atomic E-state index is 0.271. The van der Waals surface area contributed by atoms with E-state index in [0.29, 0.717) is 18.3 Å². The van der Waals surface area contributed by atoms with Crippen molar-refractivity contribution >= 4 is 5.78 Å². The van der Waals surface area contributed by atoms with Crippen LogP contribution in [-0.4, -0.2) is 42.0 Å². The average molecular weight is 253 g/mol. The third kappa shape index (κ3) is 3.55. The zero-order valence-electron chi connectivity index (χ0n) is 11.6. The zero-order chi connectivity index (χ0) is 13.0. The lowest BCUT2D eigenvalue weighted by atomic mass is 9.78. The topological polar surface area (TPSA) is 40.5 Å². The molecule has 3 heteroatoms. The number of carbonyl (C=O) groups excluding carboxylic acids is 1. The van der Waals surface area contributed by atoms with Gasteiger partial charge >= 0.3 is 0 Å². The summed E-state index contributed by atoms with van der Waals surface area (Å²) in [6, 6.07) is 0. The third-order valence-electron chi connectivity index (χ3n) is 4.68. The number of aliphatic hydroxyl groups is 1. The molecule has 0 spiro atoms. The van der Waals surface area contributed by atoms with E-state index in [1.807, 2.05) is 0 Å². The van der Waals surface area contributed by atoms with E-state index in [2.05, 4.69) is 11.8 Å². The molecular weight excluding hydrogens is 226 g/mol. The molecule has 0 bridgehead atoms. The molecule has 3 atom stereocenters. The molecule has 2 aliphatic rings. The van der Waals surface area contributed by atoms with E-state index in [1.165, 1.54) is 12.8 Å². The number of aliphatic hydroxyl groups excluding tert-OH is 1. The van der Waals surface area contributed by atoms with E-state index in [9.17, 15) is 4.79 Å². The molecule has 3 unspecified atom stereocenters. The van der Waals surface area contributed by atoms with E-state index in [-0.39, 0.29) is 5.92 Å². The fourth-order valence-corrected chi connectivity index (χ4v) is 3.59. The first-order chi connectivity index (χ1) is 8.72. The average Bonchev–Trinajstić information content (AvgIpc) is 2.81. The van der Waals surface area contributed by atoms with E-state index >= 15 is 0 Å². The number of nitrogens with zero attached hydrogens (tertiary/aromatic N) is 1. The highest BCUT2D eigenvalue weighted by atomic mass is 16.3. The van der Waals surface area contributed by atoms with Crippen LogP contribution >= 0.6 is 0 Å². The molecule has 0 aromatic carbocycles. The minimum absolute atomic E-state index is 0.271. The van der Waals surface area contributed by atoms with Gasteiger partial charge in [0.15, 0.2) is 0 Å². The van der Waals surface area contributed by atoms with Gasteiger partial charge in [-0.25, -0.2) is 0 Å². The number of hydrogen-bond acceptors (Lipinski definition) is 3. The number of ketones is 1. The van der Waals surface area contributed by atoms with Gasteiger partial charge in [0.25, 0.3) is 0 Å². The molecule has 1 heterocycles. The van der Waals surface area contributed by atoms with Gasteiger partial charge in [-0.2, -0.15) is 0 Å². The monoisotopic (exact) mass is 253 g/mol. The minimum Gasteiger partial charge on any atom is -0.396 e. The molecule has 0 radical (unpaired) electrons. The molecule has 2 fully saturated rings. The van der Waals surface area contributed by atoms with Crippen LogP contribution in [0, 0.1) is 17.8 Å². The van der Waals surface area contributed by atoms with Gasteiger partial charge in [-0.05, 0) is 37.6 Å². The van der Waals surface area contributed by atoms with Crippen molar-refractivity contribution < 1.29 is 9.90 Å². The maximum absolute atomic E-state index is 12.0. The van der Waals surface area contributed by atoms with Crippen molar-refractivity contribution in [3.8, 4) is 0 Å².